The number of nitrogens with zero attached hydrogens (tertiary/aromatic N) is 3. The van der Waals surface area contributed by atoms with Crippen LogP contribution in [0.4, 0.5) is 5.69 Å². The average Bonchev–Trinajstić information content (AvgIpc) is 2.70. The number of aryl methyl sites for hydroxylation is 1. The molecule has 6 nitrogen and oxygen atoms in total. The van der Waals surface area contributed by atoms with Gasteiger partial charge in [0.15, 0.2) is 6.29 Å². The molecule has 0 saturated carbocycles. The van der Waals surface area contributed by atoms with Gasteiger partial charge in [0.05, 0.1) is 21.9 Å². The number of carbonyl (C=O) groups is 1. The van der Waals surface area contributed by atoms with E-state index in [0.717, 1.165) is 0 Å². The van der Waals surface area contributed by atoms with Crippen LogP contribution in [0, 0.1) is 17.0 Å². The monoisotopic (exact) mass is 265 g/mol. The summed E-state index contributed by atoms with van der Waals surface area (Å²) in [6.07, 6.45) is 2.19. The molecular formula is C11H8ClN3O3. The number of nitro groups is 1. The van der Waals surface area contributed by atoms with E-state index in [2.05, 4.69) is 5.10 Å². The first-order valence-corrected chi connectivity index (χ1v) is 5.36. The Hall–Kier alpha value is -2.21. The summed E-state index contributed by atoms with van der Waals surface area (Å²) in [4.78, 5) is 20.9. The highest BCUT2D eigenvalue weighted by Crippen LogP contribution is 2.26. The van der Waals surface area contributed by atoms with Gasteiger partial charge >= 0.3 is 0 Å². The molecule has 0 aliphatic rings. The maximum atomic E-state index is 10.8. The highest BCUT2D eigenvalue weighted by Gasteiger charge is 2.14. The molecule has 0 N–H and O–H groups in total. The SMILES string of the molecule is Cc1nn(-c2ccc(Cl)c([N+](=O)[O-])c2)cc1C=O. The summed E-state index contributed by atoms with van der Waals surface area (Å²) in [6.45, 7) is 1.69. The molecule has 1 aromatic carbocycles. The van der Waals surface area contributed by atoms with Crippen molar-refractivity contribution in [3.05, 3.63) is 50.8 Å². The summed E-state index contributed by atoms with van der Waals surface area (Å²) < 4.78 is 1.41. The summed E-state index contributed by atoms with van der Waals surface area (Å²) in [5.74, 6) is 0. The minimum atomic E-state index is -0.567. The minimum absolute atomic E-state index is 0.0586. The van der Waals surface area contributed by atoms with Crippen LogP contribution in [0.2, 0.25) is 5.02 Å². The van der Waals surface area contributed by atoms with Crippen molar-refractivity contribution in [1.82, 2.24) is 9.78 Å². The van der Waals surface area contributed by atoms with Crippen LogP contribution < -0.4 is 0 Å². The summed E-state index contributed by atoms with van der Waals surface area (Å²) >= 11 is 5.71. The second-order valence-electron chi connectivity index (χ2n) is 3.63. The number of aldehydes is 1. The lowest BCUT2D eigenvalue weighted by Crippen LogP contribution is -1.97. The molecule has 2 rings (SSSR count). The number of hydrogen-bond acceptors (Lipinski definition) is 4. The topological polar surface area (TPSA) is 78.0 Å². The van der Waals surface area contributed by atoms with Crippen LogP contribution in [0.1, 0.15) is 16.1 Å². The maximum Gasteiger partial charge on any atom is 0.290 e. The van der Waals surface area contributed by atoms with Crippen molar-refractivity contribution in [2.75, 3.05) is 0 Å². The molecule has 0 bridgehead atoms. The molecular weight excluding hydrogens is 258 g/mol. The molecule has 1 heterocycles. The normalized spacial score (nSPS) is 10.3. The van der Waals surface area contributed by atoms with Crippen LogP contribution in [0.3, 0.4) is 0 Å². The predicted molar refractivity (Wildman–Crippen MR) is 65.4 cm³/mol. The Morgan fingerprint density at radius 1 is 1.50 bits per heavy atom. The van der Waals surface area contributed by atoms with Crippen molar-refractivity contribution in [3.8, 4) is 5.69 Å². The molecule has 0 saturated heterocycles. The molecule has 92 valence electrons. The van der Waals surface area contributed by atoms with Crippen molar-refractivity contribution in [2.45, 2.75) is 6.92 Å². The van der Waals surface area contributed by atoms with Gasteiger partial charge in [-0.05, 0) is 19.1 Å². The van der Waals surface area contributed by atoms with E-state index in [1.807, 2.05) is 0 Å². The van der Waals surface area contributed by atoms with E-state index >= 15 is 0 Å². The molecule has 2 aromatic rings. The van der Waals surface area contributed by atoms with E-state index < -0.39 is 4.92 Å². The van der Waals surface area contributed by atoms with Gasteiger partial charge in [-0.3, -0.25) is 14.9 Å². The highest BCUT2D eigenvalue weighted by atomic mass is 35.5. The lowest BCUT2D eigenvalue weighted by atomic mass is 10.3. The minimum Gasteiger partial charge on any atom is -0.298 e. The first-order chi connectivity index (χ1) is 8.52. The zero-order valence-electron chi connectivity index (χ0n) is 9.33. The third kappa shape index (κ3) is 2.10. The van der Waals surface area contributed by atoms with Gasteiger partial charge in [-0.25, -0.2) is 4.68 Å². The van der Waals surface area contributed by atoms with E-state index in [1.54, 1.807) is 13.0 Å². The molecule has 7 heteroatoms. The smallest absolute Gasteiger partial charge is 0.290 e. The summed E-state index contributed by atoms with van der Waals surface area (Å²) in [6, 6.07) is 4.33. The van der Waals surface area contributed by atoms with Crippen molar-refractivity contribution in [2.24, 2.45) is 0 Å². The van der Waals surface area contributed by atoms with Crippen molar-refractivity contribution >= 4 is 23.6 Å². The average molecular weight is 266 g/mol. The van der Waals surface area contributed by atoms with E-state index in [4.69, 9.17) is 11.6 Å². The second kappa shape index (κ2) is 4.58. The van der Waals surface area contributed by atoms with E-state index in [9.17, 15) is 14.9 Å². The van der Waals surface area contributed by atoms with Crippen LogP contribution in [-0.4, -0.2) is 21.0 Å². The zero-order valence-corrected chi connectivity index (χ0v) is 10.1. The number of aromatic nitrogens is 2. The summed E-state index contributed by atoms with van der Waals surface area (Å²) in [5.41, 5.74) is 1.27. The van der Waals surface area contributed by atoms with E-state index in [-0.39, 0.29) is 10.7 Å². The summed E-state index contributed by atoms with van der Waals surface area (Å²) in [5, 5.41) is 14.9. The summed E-state index contributed by atoms with van der Waals surface area (Å²) in [7, 11) is 0. The molecule has 0 atom stereocenters. The number of halogens is 1. The lowest BCUT2D eigenvalue weighted by molar-refractivity contribution is -0.384. The van der Waals surface area contributed by atoms with Gasteiger partial charge in [-0.2, -0.15) is 5.10 Å². The standard InChI is InChI=1S/C11H8ClN3O3/c1-7-8(6-16)5-14(13-7)9-2-3-10(12)11(4-9)15(17)18/h2-6H,1H3. The van der Waals surface area contributed by atoms with Crippen LogP contribution in [0.15, 0.2) is 24.4 Å². The Kier molecular flexibility index (Phi) is 3.12. The van der Waals surface area contributed by atoms with Crippen molar-refractivity contribution in [1.29, 1.82) is 0 Å². The molecule has 0 aliphatic carbocycles. The third-order valence-electron chi connectivity index (χ3n) is 2.45. The number of carbonyl (C=O) groups excluding carboxylic acids is 1. The van der Waals surface area contributed by atoms with Gasteiger partial charge in [0, 0.05) is 12.3 Å². The van der Waals surface area contributed by atoms with E-state index in [0.29, 0.717) is 23.2 Å². The second-order valence-corrected chi connectivity index (χ2v) is 4.03. The van der Waals surface area contributed by atoms with Gasteiger partial charge in [0.1, 0.15) is 5.02 Å². The Bertz CT molecular complexity index is 636. The molecule has 0 fully saturated rings. The number of benzene rings is 1. The first-order valence-electron chi connectivity index (χ1n) is 4.98. The third-order valence-corrected chi connectivity index (χ3v) is 2.77. The fraction of sp³-hybridized carbons (Fsp3) is 0.0909. The quantitative estimate of drug-likeness (QED) is 0.485. The number of hydrogen-bond donors (Lipinski definition) is 0. The van der Waals surface area contributed by atoms with Gasteiger partial charge in [-0.1, -0.05) is 11.6 Å². The Morgan fingerprint density at radius 2 is 2.22 bits per heavy atom. The fourth-order valence-electron chi connectivity index (χ4n) is 1.50. The van der Waals surface area contributed by atoms with Crippen LogP contribution in [0.5, 0.6) is 0 Å². The van der Waals surface area contributed by atoms with E-state index in [1.165, 1.54) is 23.0 Å². The van der Waals surface area contributed by atoms with Crippen molar-refractivity contribution in [3.63, 3.8) is 0 Å². The van der Waals surface area contributed by atoms with Gasteiger partial charge < -0.3 is 0 Å². The highest BCUT2D eigenvalue weighted by molar-refractivity contribution is 6.32. The Balaban J connectivity index is 2.53. The van der Waals surface area contributed by atoms with Crippen LogP contribution in [0.25, 0.3) is 5.69 Å². The molecule has 0 spiro atoms. The molecule has 0 radical (unpaired) electrons. The van der Waals surface area contributed by atoms with Crippen LogP contribution in [-0.2, 0) is 0 Å². The molecule has 0 aliphatic heterocycles. The Morgan fingerprint density at radius 3 is 2.78 bits per heavy atom. The largest absolute Gasteiger partial charge is 0.298 e. The van der Waals surface area contributed by atoms with Crippen LogP contribution >= 0.6 is 11.6 Å². The lowest BCUT2D eigenvalue weighted by Gasteiger charge is -2.01. The van der Waals surface area contributed by atoms with Gasteiger partial charge in [0.25, 0.3) is 5.69 Å². The molecule has 1 aromatic heterocycles. The number of rotatable bonds is 3. The van der Waals surface area contributed by atoms with Gasteiger partial charge in [-0.15, -0.1) is 0 Å². The fourth-order valence-corrected chi connectivity index (χ4v) is 1.69. The van der Waals surface area contributed by atoms with Gasteiger partial charge in [0.2, 0.25) is 0 Å². The first kappa shape index (κ1) is 12.3. The van der Waals surface area contributed by atoms with Crippen molar-refractivity contribution < 1.29 is 9.72 Å². The molecule has 0 amide bonds. The molecule has 18 heavy (non-hydrogen) atoms. The number of nitro benzene ring substituents is 1. The Labute approximate surface area is 107 Å². The molecule has 0 unspecified atom stereocenters. The maximum absolute atomic E-state index is 10.8. The zero-order chi connectivity index (χ0) is 13.3. The predicted octanol–water partition coefficient (Wildman–Crippen LogP) is 2.55.